The number of carbonyl (C=O) groups excluding carboxylic acids is 3. The highest BCUT2D eigenvalue weighted by molar-refractivity contribution is 8.18. The monoisotopic (exact) mass is 432 g/mol. The van der Waals surface area contributed by atoms with Gasteiger partial charge in [0.25, 0.3) is 11.1 Å². The number of carbonyl (C=O) groups is 3. The normalized spacial score (nSPS) is 16.6. The molecule has 2 aromatic carbocycles. The van der Waals surface area contributed by atoms with Crippen LogP contribution in [0.5, 0.6) is 17.2 Å². The Labute approximate surface area is 174 Å². The van der Waals surface area contributed by atoms with Gasteiger partial charge in [-0.15, -0.1) is 0 Å². The van der Waals surface area contributed by atoms with Gasteiger partial charge in [-0.2, -0.15) is 0 Å². The van der Waals surface area contributed by atoms with Crippen molar-refractivity contribution in [3.63, 3.8) is 0 Å². The van der Waals surface area contributed by atoms with Gasteiger partial charge in [0.05, 0.1) is 9.93 Å². The molecule has 2 heterocycles. The molecule has 10 heteroatoms. The third-order valence-electron chi connectivity index (χ3n) is 4.10. The number of anilines is 1. The first-order valence-electron chi connectivity index (χ1n) is 8.34. The Balaban J connectivity index is 1.44. The zero-order valence-corrected chi connectivity index (χ0v) is 16.2. The summed E-state index contributed by atoms with van der Waals surface area (Å²) in [7, 11) is 0. The molecule has 1 fully saturated rings. The quantitative estimate of drug-likeness (QED) is 0.713. The molecule has 3 amide bonds. The summed E-state index contributed by atoms with van der Waals surface area (Å²) in [5.41, 5.74) is 1.00. The Bertz CT molecular complexity index is 1070. The lowest BCUT2D eigenvalue weighted by Crippen LogP contribution is -2.36. The lowest BCUT2D eigenvalue weighted by molar-refractivity contribution is -0.127. The zero-order valence-electron chi connectivity index (χ0n) is 14.7. The minimum Gasteiger partial charge on any atom is -0.506 e. The topological polar surface area (TPSA) is 105 Å². The molecule has 0 atom stereocenters. The molecule has 29 heavy (non-hydrogen) atoms. The fourth-order valence-corrected chi connectivity index (χ4v) is 3.75. The minimum atomic E-state index is -0.579. The van der Waals surface area contributed by atoms with Crippen LogP contribution in [0.1, 0.15) is 5.56 Å². The summed E-state index contributed by atoms with van der Waals surface area (Å²) >= 11 is 6.58. The molecule has 0 unspecified atom stereocenters. The molecule has 0 spiro atoms. The first-order valence-corrected chi connectivity index (χ1v) is 9.53. The van der Waals surface area contributed by atoms with E-state index in [9.17, 15) is 19.5 Å². The van der Waals surface area contributed by atoms with E-state index in [1.54, 1.807) is 24.3 Å². The number of nitrogens with one attached hydrogen (secondary N) is 1. The summed E-state index contributed by atoms with van der Waals surface area (Å²) in [5, 5.41) is 11.7. The molecule has 2 aliphatic rings. The lowest BCUT2D eigenvalue weighted by Gasteiger charge is -2.12. The Hall–Kier alpha value is -3.17. The number of benzene rings is 2. The van der Waals surface area contributed by atoms with E-state index in [2.05, 4.69) is 5.32 Å². The summed E-state index contributed by atoms with van der Waals surface area (Å²) in [5.74, 6) is -0.111. The van der Waals surface area contributed by atoms with E-state index in [1.165, 1.54) is 18.2 Å². The number of rotatable bonds is 4. The van der Waals surface area contributed by atoms with Gasteiger partial charge < -0.3 is 19.9 Å². The highest BCUT2D eigenvalue weighted by Crippen LogP contribution is 2.35. The van der Waals surface area contributed by atoms with Crippen molar-refractivity contribution in [2.45, 2.75) is 0 Å². The van der Waals surface area contributed by atoms with Gasteiger partial charge in [-0.05, 0) is 47.7 Å². The molecular weight excluding hydrogens is 420 g/mol. The average Bonchev–Trinajstić information content (AvgIpc) is 3.24. The van der Waals surface area contributed by atoms with Gasteiger partial charge >= 0.3 is 0 Å². The maximum atomic E-state index is 12.5. The van der Waals surface area contributed by atoms with Gasteiger partial charge in [0.1, 0.15) is 12.3 Å². The summed E-state index contributed by atoms with van der Waals surface area (Å²) in [4.78, 5) is 38.0. The Morgan fingerprint density at radius 2 is 2.00 bits per heavy atom. The van der Waals surface area contributed by atoms with E-state index < -0.39 is 23.6 Å². The molecule has 2 aliphatic heterocycles. The molecule has 2 aromatic rings. The fourth-order valence-electron chi connectivity index (χ4n) is 2.72. The maximum absolute atomic E-state index is 12.5. The van der Waals surface area contributed by atoms with Crippen LogP contribution >= 0.6 is 23.4 Å². The van der Waals surface area contributed by atoms with E-state index >= 15 is 0 Å². The Kier molecular flexibility index (Phi) is 5.08. The van der Waals surface area contributed by atoms with Gasteiger partial charge in [-0.1, -0.05) is 17.7 Å². The second-order valence-corrected chi connectivity index (χ2v) is 7.50. The van der Waals surface area contributed by atoms with Crippen LogP contribution in [0.15, 0.2) is 41.3 Å². The molecule has 1 saturated heterocycles. The standard InChI is InChI=1S/C19H13ClN2O6S/c20-12-5-10(1-3-13(12)23)6-16-18(25)22(19(26)29-16)8-17(24)21-11-2-4-14-15(7-11)28-9-27-14/h1-7,23H,8-9H2,(H,21,24)/b16-6+. The number of halogens is 1. The lowest BCUT2D eigenvalue weighted by atomic mass is 10.2. The van der Waals surface area contributed by atoms with Crippen molar-refractivity contribution in [3.05, 3.63) is 51.9 Å². The molecule has 0 aliphatic carbocycles. The van der Waals surface area contributed by atoms with Crippen molar-refractivity contribution >= 4 is 52.2 Å². The van der Waals surface area contributed by atoms with Crippen LogP contribution in [0.25, 0.3) is 6.08 Å². The van der Waals surface area contributed by atoms with Crippen molar-refractivity contribution in [2.24, 2.45) is 0 Å². The molecular formula is C19H13ClN2O6S. The molecule has 148 valence electrons. The van der Waals surface area contributed by atoms with E-state index in [1.807, 2.05) is 0 Å². The Morgan fingerprint density at radius 3 is 2.79 bits per heavy atom. The number of hydrogen-bond donors (Lipinski definition) is 2. The third kappa shape index (κ3) is 4.01. The molecule has 4 rings (SSSR count). The predicted octanol–water partition coefficient (Wildman–Crippen LogP) is 3.45. The largest absolute Gasteiger partial charge is 0.506 e. The van der Waals surface area contributed by atoms with Crippen LogP contribution < -0.4 is 14.8 Å². The average molecular weight is 433 g/mol. The summed E-state index contributed by atoms with van der Waals surface area (Å²) in [6.45, 7) is -0.311. The summed E-state index contributed by atoms with van der Waals surface area (Å²) in [6, 6.07) is 9.30. The summed E-state index contributed by atoms with van der Waals surface area (Å²) < 4.78 is 10.5. The molecule has 8 nitrogen and oxygen atoms in total. The minimum absolute atomic E-state index is 0.0860. The number of phenolic OH excluding ortho intramolecular Hbond substituents is 1. The summed E-state index contributed by atoms with van der Waals surface area (Å²) in [6.07, 6.45) is 1.48. The van der Waals surface area contributed by atoms with Crippen LogP contribution in [0, 0.1) is 0 Å². The second kappa shape index (κ2) is 7.69. The number of imide groups is 1. The highest BCUT2D eigenvalue weighted by Gasteiger charge is 2.36. The number of nitrogens with zero attached hydrogens (tertiary/aromatic N) is 1. The van der Waals surface area contributed by atoms with E-state index in [-0.39, 0.29) is 22.5 Å². The molecule has 0 radical (unpaired) electrons. The number of fused-ring (bicyclic) bond motifs is 1. The molecule has 0 bridgehead atoms. The first-order chi connectivity index (χ1) is 13.9. The predicted molar refractivity (Wildman–Crippen MR) is 107 cm³/mol. The van der Waals surface area contributed by atoms with Crippen molar-refractivity contribution in [1.82, 2.24) is 4.90 Å². The number of amides is 3. The van der Waals surface area contributed by atoms with Crippen LogP contribution in [0.2, 0.25) is 5.02 Å². The van der Waals surface area contributed by atoms with Crippen molar-refractivity contribution in [1.29, 1.82) is 0 Å². The smallest absolute Gasteiger partial charge is 0.294 e. The highest BCUT2D eigenvalue weighted by atomic mass is 35.5. The molecule has 2 N–H and O–H groups in total. The zero-order chi connectivity index (χ0) is 20.5. The number of aromatic hydroxyl groups is 1. The van der Waals surface area contributed by atoms with Crippen molar-refractivity contribution in [3.8, 4) is 17.2 Å². The van der Waals surface area contributed by atoms with Crippen LogP contribution in [-0.4, -0.2) is 40.4 Å². The van der Waals surface area contributed by atoms with Gasteiger partial charge in [-0.25, -0.2) is 0 Å². The van der Waals surface area contributed by atoms with Gasteiger partial charge in [-0.3, -0.25) is 19.3 Å². The third-order valence-corrected chi connectivity index (χ3v) is 5.31. The Morgan fingerprint density at radius 1 is 1.21 bits per heavy atom. The van der Waals surface area contributed by atoms with Gasteiger partial charge in [0.2, 0.25) is 12.7 Å². The van der Waals surface area contributed by atoms with Crippen LogP contribution in [-0.2, 0) is 9.59 Å². The number of thioether (sulfide) groups is 1. The van der Waals surface area contributed by atoms with Crippen LogP contribution in [0.3, 0.4) is 0 Å². The van der Waals surface area contributed by atoms with Crippen LogP contribution in [0.4, 0.5) is 10.5 Å². The second-order valence-electron chi connectivity index (χ2n) is 6.09. The molecule has 0 saturated carbocycles. The molecule has 0 aromatic heterocycles. The van der Waals surface area contributed by atoms with Crippen molar-refractivity contribution in [2.75, 3.05) is 18.7 Å². The van der Waals surface area contributed by atoms with E-state index in [4.69, 9.17) is 21.1 Å². The number of phenols is 1. The van der Waals surface area contributed by atoms with Gasteiger partial charge in [0.15, 0.2) is 11.5 Å². The number of hydrogen-bond acceptors (Lipinski definition) is 7. The maximum Gasteiger partial charge on any atom is 0.294 e. The van der Waals surface area contributed by atoms with Crippen molar-refractivity contribution < 1.29 is 29.0 Å². The SMILES string of the molecule is O=C(CN1C(=O)S/C(=C/c2ccc(O)c(Cl)c2)C1=O)Nc1ccc2c(c1)OCO2. The van der Waals surface area contributed by atoms with E-state index in [0.717, 1.165) is 16.7 Å². The van der Waals surface area contributed by atoms with Gasteiger partial charge in [0, 0.05) is 11.8 Å². The number of ether oxygens (including phenoxy) is 2. The van der Waals surface area contributed by atoms with E-state index in [0.29, 0.717) is 22.7 Å². The first kappa shape index (κ1) is 19.2. The fraction of sp³-hybridized carbons (Fsp3) is 0.105.